The largest absolute Gasteiger partial charge is 0.508 e. The van der Waals surface area contributed by atoms with Crippen LogP contribution in [0.3, 0.4) is 0 Å². The molecular formula is C15H15BrFNO. The van der Waals surface area contributed by atoms with E-state index in [2.05, 4.69) is 21.2 Å². The van der Waals surface area contributed by atoms with E-state index < -0.39 is 0 Å². The van der Waals surface area contributed by atoms with Gasteiger partial charge in [-0.15, -0.1) is 0 Å². The first-order valence-electron chi connectivity index (χ1n) is 6.04. The van der Waals surface area contributed by atoms with Crippen LogP contribution < -0.4 is 5.32 Å². The van der Waals surface area contributed by atoms with Crippen molar-refractivity contribution in [2.75, 3.05) is 5.32 Å². The van der Waals surface area contributed by atoms with Gasteiger partial charge in [-0.05, 0) is 49.2 Å². The molecule has 19 heavy (non-hydrogen) atoms. The number of anilines is 1. The summed E-state index contributed by atoms with van der Waals surface area (Å²) in [6.07, 6.45) is 0.756. The quantitative estimate of drug-likeness (QED) is 0.877. The van der Waals surface area contributed by atoms with E-state index in [1.54, 1.807) is 24.3 Å². The van der Waals surface area contributed by atoms with E-state index in [1.807, 2.05) is 19.1 Å². The summed E-state index contributed by atoms with van der Waals surface area (Å²) < 4.78 is 14.4. The highest BCUT2D eigenvalue weighted by molar-refractivity contribution is 9.10. The lowest BCUT2D eigenvalue weighted by Crippen LogP contribution is -2.18. The van der Waals surface area contributed by atoms with Gasteiger partial charge in [-0.25, -0.2) is 4.39 Å². The number of hydrogen-bond donors (Lipinski definition) is 2. The van der Waals surface area contributed by atoms with Crippen molar-refractivity contribution < 1.29 is 9.50 Å². The predicted octanol–water partition coefficient (Wildman–Crippen LogP) is 4.34. The topological polar surface area (TPSA) is 32.3 Å². The van der Waals surface area contributed by atoms with Crippen molar-refractivity contribution in [3.05, 3.63) is 58.3 Å². The van der Waals surface area contributed by atoms with Gasteiger partial charge < -0.3 is 10.4 Å². The third-order valence-corrected chi connectivity index (χ3v) is 3.30. The van der Waals surface area contributed by atoms with Gasteiger partial charge >= 0.3 is 0 Å². The standard InChI is InChI=1S/C15H15BrFNO/c1-10(8-11-2-5-13(19)6-3-11)18-15-9-12(16)4-7-14(15)17/h2-7,9-10,18-19H,8H2,1H3. The zero-order valence-electron chi connectivity index (χ0n) is 10.5. The van der Waals surface area contributed by atoms with Crippen LogP contribution in [0.25, 0.3) is 0 Å². The lowest BCUT2D eigenvalue weighted by atomic mass is 10.1. The van der Waals surface area contributed by atoms with Crippen molar-refractivity contribution in [1.82, 2.24) is 0 Å². The molecule has 0 heterocycles. The smallest absolute Gasteiger partial charge is 0.146 e. The summed E-state index contributed by atoms with van der Waals surface area (Å²) in [5, 5.41) is 12.4. The maximum absolute atomic E-state index is 13.6. The molecule has 0 radical (unpaired) electrons. The molecule has 1 unspecified atom stereocenters. The number of benzene rings is 2. The fraction of sp³-hybridized carbons (Fsp3) is 0.200. The maximum Gasteiger partial charge on any atom is 0.146 e. The van der Waals surface area contributed by atoms with Crippen molar-refractivity contribution in [2.24, 2.45) is 0 Å². The molecule has 2 rings (SSSR count). The van der Waals surface area contributed by atoms with E-state index in [1.165, 1.54) is 6.07 Å². The van der Waals surface area contributed by atoms with Crippen LogP contribution in [0.4, 0.5) is 10.1 Å². The minimum absolute atomic E-state index is 0.0911. The van der Waals surface area contributed by atoms with Gasteiger partial charge in [-0.3, -0.25) is 0 Å². The summed E-state index contributed by atoms with van der Waals surface area (Å²) in [5.74, 6) is -0.0110. The molecule has 2 nitrogen and oxygen atoms in total. The van der Waals surface area contributed by atoms with Crippen LogP contribution in [0.5, 0.6) is 5.75 Å². The fourth-order valence-electron chi connectivity index (χ4n) is 1.91. The highest BCUT2D eigenvalue weighted by Gasteiger charge is 2.08. The van der Waals surface area contributed by atoms with Crippen molar-refractivity contribution in [3.8, 4) is 5.75 Å². The van der Waals surface area contributed by atoms with E-state index in [0.717, 1.165) is 16.5 Å². The lowest BCUT2D eigenvalue weighted by Gasteiger charge is -2.16. The Kier molecular flexibility index (Phi) is 4.43. The second-order valence-electron chi connectivity index (χ2n) is 4.54. The van der Waals surface area contributed by atoms with Crippen LogP contribution in [0.1, 0.15) is 12.5 Å². The average molecular weight is 324 g/mol. The second-order valence-corrected chi connectivity index (χ2v) is 5.46. The summed E-state index contributed by atoms with van der Waals surface area (Å²) in [6.45, 7) is 1.99. The fourth-order valence-corrected chi connectivity index (χ4v) is 2.27. The molecule has 0 saturated carbocycles. The van der Waals surface area contributed by atoms with Crippen LogP contribution in [0, 0.1) is 5.82 Å². The SMILES string of the molecule is CC(Cc1ccc(O)cc1)Nc1cc(Br)ccc1F. The number of halogens is 2. The van der Waals surface area contributed by atoms with E-state index >= 15 is 0 Å². The Bertz CT molecular complexity index is 557. The van der Waals surface area contributed by atoms with E-state index in [9.17, 15) is 9.50 Å². The monoisotopic (exact) mass is 323 g/mol. The Morgan fingerprint density at radius 1 is 1.21 bits per heavy atom. The molecule has 0 fully saturated rings. The molecule has 0 aliphatic heterocycles. The highest BCUT2D eigenvalue weighted by atomic mass is 79.9. The average Bonchev–Trinajstić information content (AvgIpc) is 2.37. The van der Waals surface area contributed by atoms with Crippen molar-refractivity contribution in [1.29, 1.82) is 0 Å². The van der Waals surface area contributed by atoms with E-state index in [0.29, 0.717) is 5.69 Å². The molecule has 0 aromatic heterocycles. The van der Waals surface area contributed by atoms with Crippen molar-refractivity contribution in [3.63, 3.8) is 0 Å². The van der Waals surface area contributed by atoms with Gasteiger partial charge in [0.2, 0.25) is 0 Å². The summed E-state index contributed by atoms with van der Waals surface area (Å²) in [5.41, 5.74) is 1.58. The first kappa shape index (κ1) is 13.9. The van der Waals surface area contributed by atoms with Crippen molar-refractivity contribution in [2.45, 2.75) is 19.4 Å². The molecular weight excluding hydrogens is 309 g/mol. The number of hydrogen-bond acceptors (Lipinski definition) is 2. The first-order chi connectivity index (χ1) is 9.04. The normalized spacial score (nSPS) is 12.2. The molecule has 1 atom stereocenters. The molecule has 4 heteroatoms. The van der Waals surface area contributed by atoms with E-state index in [-0.39, 0.29) is 17.6 Å². The number of phenols is 1. The first-order valence-corrected chi connectivity index (χ1v) is 6.83. The molecule has 0 aliphatic rings. The van der Waals surface area contributed by atoms with Gasteiger partial charge in [0.05, 0.1) is 5.69 Å². The highest BCUT2D eigenvalue weighted by Crippen LogP contribution is 2.21. The predicted molar refractivity (Wildman–Crippen MR) is 79.0 cm³/mol. The zero-order chi connectivity index (χ0) is 13.8. The number of nitrogens with one attached hydrogen (secondary N) is 1. The van der Waals surface area contributed by atoms with Gasteiger partial charge in [0.1, 0.15) is 11.6 Å². The Morgan fingerprint density at radius 2 is 1.89 bits per heavy atom. The number of rotatable bonds is 4. The molecule has 2 N–H and O–H groups in total. The Hall–Kier alpha value is -1.55. The Balaban J connectivity index is 2.02. The molecule has 0 saturated heterocycles. The molecule has 100 valence electrons. The third kappa shape index (κ3) is 3.96. The van der Waals surface area contributed by atoms with E-state index in [4.69, 9.17) is 0 Å². The van der Waals surface area contributed by atoms with Crippen LogP contribution in [-0.2, 0) is 6.42 Å². The van der Waals surface area contributed by atoms with Gasteiger partial charge in [0, 0.05) is 10.5 Å². The van der Waals surface area contributed by atoms with Crippen LogP contribution >= 0.6 is 15.9 Å². The van der Waals surface area contributed by atoms with Gasteiger partial charge in [0.25, 0.3) is 0 Å². The third-order valence-electron chi connectivity index (χ3n) is 2.81. The zero-order valence-corrected chi connectivity index (χ0v) is 12.1. The van der Waals surface area contributed by atoms with Gasteiger partial charge in [-0.1, -0.05) is 28.1 Å². The molecule has 2 aromatic rings. The van der Waals surface area contributed by atoms with Crippen LogP contribution in [0.2, 0.25) is 0 Å². The Labute approximate surface area is 120 Å². The van der Waals surface area contributed by atoms with Gasteiger partial charge in [-0.2, -0.15) is 0 Å². The summed E-state index contributed by atoms with van der Waals surface area (Å²) >= 11 is 3.33. The summed E-state index contributed by atoms with van der Waals surface area (Å²) in [7, 11) is 0. The van der Waals surface area contributed by atoms with Crippen LogP contribution in [-0.4, -0.2) is 11.1 Å². The minimum Gasteiger partial charge on any atom is -0.508 e. The van der Waals surface area contributed by atoms with Crippen LogP contribution in [0.15, 0.2) is 46.9 Å². The summed E-state index contributed by atoms with van der Waals surface area (Å²) in [4.78, 5) is 0. The molecule has 2 aromatic carbocycles. The second kappa shape index (κ2) is 6.06. The minimum atomic E-state index is -0.263. The summed E-state index contributed by atoms with van der Waals surface area (Å²) in [6, 6.07) is 12.0. The van der Waals surface area contributed by atoms with Crippen molar-refractivity contribution >= 4 is 21.6 Å². The molecule has 0 amide bonds. The number of aromatic hydroxyl groups is 1. The number of phenolic OH excluding ortho intramolecular Hbond substituents is 1. The molecule has 0 bridgehead atoms. The Morgan fingerprint density at radius 3 is 2.58 bits per heavy atom. The molecule has 0 spiro atoms. The lowest BCUT2D eigenvalue weighted by molar-refractivity contribution is 0.475. The maximum atomic E-state index is 13.6. The van der Waals surface area contributed by atoms with Gasteiger partial charge in [0.15, 0.2) is 0 Å². The molecule has 0 aliphatic carbocycles.